The lowest BCUT2D eigenvalue weighted by molar-refractivity contribution is 0.0954. The lowest BCUT2D eigenvalue weighted by Crippen LogP contribution is -2.18. The fourth-order valence-electron chi connectivity index (χ4n) is 3.23. The normalized spacial score (nSPS) is 11.3. The van der Waals surface area contributed by atoms with Crippen LogP contribution in [0, 0.1) is 6.92 Å². The first kappa shape index (κ1) is 16.0. The number of hydrazone groups is 1. The smallest absolute Gasteiger partial charge is 0.267 e. The van der Waals surface area contributed by atoms with Crippen LogP contribution in [0.1, 0.15) is 21.5 Å². The van der Waals surface area contributed by atoms with Crippen molar-refractivity contribution in [1.82, 2.24) is 5.43 Å². The molecule has 1 amide bonds. The van der Waals surface area contributed by atoms with Gasteiger partial charge < -0.3 is 0 Å². The highest BCUT2D eigenvalue weighted by Gasteiger charge is 2.08. The fourth-order valence-corrected chi connectivity index (χ4v) is 3.23. The number of hydrogen-bond donors (Lipinski definition) is 1. The van der Waals surface area contributed by atoms with Gasteiger partial charge in [0.1, 0.15) is 0 Å². The molecule has 4 aromatic rings. The van der Waals surface area contributed by atoms with Crippen molar-refractivity contribution in [2.45, 2.75) is 6.92 Å². The molecule has 0 aliphatic rings. The van der Waals surface area contributed by atoms with E-state index in [0.29, 0.717) is 5.56 Å². The summed E-state index contributed by atoms with van der Waals surface area (Å²) in [5, 5.41) is 8.76. The maximum atomic E-state index is 12.4. The van der Waals surface area contributed by atoms with Crippen molar-refractivity contribution in [3.8, 4) is 0 Å². The summed E-state index contributed by atoms with van der Waals surface area (Å²) in [5.41, 5.74) is 5.21. The highest BCUT2D eigenvalue weighted by atomic mass is 16.2. The van der Waals surface area contributed by atoms with Gasteiger partial charge in [0.25, 0.3) is 5.91 Å². The van der Waals surface area contributed by atoms with Crippen LogP contribution in [0.4, 0.5) is 0 Å². The van der Waals surface area contributed by atoms with Crippen LogP contribution in [-0.4, -0.2) is 12.1 Å². The molecule has 4 aromatic carbocycles. The van der Waals surface area contributed by atoms with Gasteiger partial charge in [-0.25, -0.2) is 5.43 Å². The van der Waals surface area contributed by atoms with Crippen molar-refractivity contribution in [2.75, 3.05) is 0 Å². The minimum absolute atomic E-state index is 0.205. The van der Waals surface area contributed by atoms with Gasteiger partial charge in [-0.05, 0) is 46.2 Å². The predicted molar refractivity (Wildman–Crippen MR) is 108 cm³/mol. The Morgan fingerprint density at radius 2 is 1.42 bits per heavy atom. The van der Waals surface area contributed by atoms with Gasteiger partial charge in [0.15, 0.2) is 0 Å². The van der Waals surface area contributed by atoms with Gasteiger partial charge in [-0.2, -0.15) is 5.10 Å². The summed E-state index contributed by atoms with van der Waals surface area (Å²) < 4.78 is 0. The summed E-state index contributed by atoms with van der Waals surface area (Å²) >= 11 is 0. The van der Waals surface area contributed by atoms with Crippen molar-refractivity contribution in [1.29, 1.82) is 0 Å². The van der Waals surface area contributed by atoms with Gasteiger partial charge in [0.2, 0.25) is 0 Å². The Morgan fingerprint density at radius 3 is 2.08 bits per heavy atom. The van der Waals surface area contributed by atoms with Crippen LogP contribution < -0.4 is 5.43 Å². The Balaban J connectivity index is 1.73. The molecule has 0 aliphatic carbocycles. The highest BCUT2D eigenvalue weighted by molar-refractivity contribution is 6.13. The standard InChI is InChI=1S/C23H18N2O/c1-16-8-2-5-11-19(16)23(26)25-24-15-22-20-12-6-3-9-17(20)14-18-10-4-7-13-21(18)22/h2-15H,1H3,(H,25,26). The van der Waals surface area contributed by atoms with Crippen LogP contribution >= 0.6 is 0 Å². The molecule has 3 heteroatoms. The van der Waals surface area contributed by atoms with E-state index < -0.39 is 0 Å². The average Bonchev–Trinajstić information content (AvgIpc) is 2.67. The van der Waals surface area contributed by atoms with Crippen LogP contribution in [-0.2, 0) is 0 Å². The molecule has 0 atom stereocenters. The van der Waals surface area contributed by atoms with Gasteiger partial charge in [-0.15, -0.1) is 0 Å². The summed E-state index contributed by atoms with van der Waals surface area (Å²) in [6.45, 7) is 1.91. The van der Waals surface area contributed by atoms with Gasteiger partial charge >= 0.3 is 0 Å². The summed E-state index contributed by atoms with van der Waals surface area (Å²) in [4.78, 5) is 12.4. The molecule has 1 N–H and O–H groups in total. The number of rotatable bonds is 3. The second kappa shape index (κ2) is 6.81. The zero-order chi connectivity index (χ0) is 17.9. The lowest BCUT2D eigenvalue weighted by atomic mass is 9.97. The first-order valence-electron chi connectivity index (χ1n) is 8.53. The molecular weight excluding hydrogens is 320 g/mol. The van der Waals surface area contributed by atoms with E-state index >= 15 is 0 Å². The number of fused-ring (bicyclic) bond motifs is 2. The summed E-state index contributed by atoms with van der Waals surface area (Å²) in [6.07, 6.45) is 1.74. The Morgan fingerprint density at radius 1 is 0.846 bits per heavy atom. The Kier molecular flexibility index (Phi) is 4.20. The third-order valence-electron chi connectivity index (χ3n) is 4.56. The number of carbonyl (C=O) groups excluding carboxylic acids is 1. The maximum absolute atomic E-state index is 12.4. The van der Waals surface area contributed by atoms with E-state index in [9.17, 15) is 4.79 Å². The topological polar surface area (TPSA) is 41.5 Å². The SMILES string of the molecule is Cc1ccccc1C(=O)NN=Cc1c2ccccc2cc2ccccc12. The zero-order valence-corrected chi connectivity index (χ0v) is 14.4. The van der Waals surface area contributed by atoms with E-state index in [1.807, 2.05) is 49.4 Å². The van der Waals surface area contributed by atoms with Crippen molar-refractivity contribution in [3.05, 3.63) is 95.6 Å². The molecule has 0 aliphatic heterocycles. The van der Waals surface area contributed by atoms with Gasteiger partial charge in [0.05, 0.1) is 6.21 Å². The first-order chi connectivity index (χ1) is 12.7. The minimum atomic E-state index is -0.205. The second-order valence-corrected chi connectivity index (χ2v) is 6.25. The number of aryl methyl sites for hydroxylation is 1. The van der Waals surface area contributed by atoms with Crippen molar-refractivity contribution >= 4 is 33.7 Å². The van der Waals surface area contributed by atoms with E-state index in [2.05, 4.69) is 40.9 Å². The summed E-state index contributed by atoms with van der Waals surface area (Å²) in [6, 6.07) is 26.1. The molecule has 0 bridgehead atoms. The Hall–Kier alpha value is -3.46. The molecule has 126 valence electrons. The zero-order valence-electron chi connectivity index (χ0n) is 14.4. The number of nitrogens with zero attached hydrogens (tertiary/aromatic N) is 1. The van der Waals surface area contributed by atoms with Crippen LogP contribution in [0.2, 0.25) is 0 Å². The molecule has 26 heavy (non-hydrogen) atoms. The Bertz CT molecular complexity index is 1090. The van der Waals surface area contributed by atoms with E-state index in [1.54, 1.807) is 12.3 Å². The van der Waals surface area contributed by atoms with Crippen LogP contribution in [0.25, 0.3) is 21.5 Å². The number of hydrogen-bond acceptors (Lipinski definition) is 2. The molecule has 0 saturated heterocycles. The number of benzene rings is 4. The van der Waals surface area contributed by atoms with E-state index in [1.165, 1.54) is 0 Å². The quantitative estimate of drug-likeness (QED) is 0.316. The second-order valence-electron chi connectivity index (χ2n) is 6.25. The molecule has 0 unspecified atom stereocenters. The van der Waals surface area contributed by atoms with Crippen LogP contribution in [0.3, 0.4) is 0 Å². The third kappa shape index (κ3) is 2.95. The number of amides is 1. The van der Waals surface area contributed by atoms with Crippen molar-refractivity contribution in [3.63, 3.8) is 0 Å². The molecule has 0 saturated carbocycles. The van der Waals surface area contributed by atoms with Crippen molar-refractivity contribution < 1.29 is 4.79 Å². The van der Waals surface area contributed by atoms with Gasteiger partial charge in [-0.3, -0.25) is 4.79 Å². The minimum Gasteiger partial charge on any atom is -0.267 e. The van der Waals surface area contributed by atoms with E-state index in [0.717, 1.165) is 32.7 Å². The maximum Gasteiger partial charge on any atom is 0.271 e. The van der Waals surface area contributed by atoms with Gasteiger partial charge in [-0.1, -0.05) is 66.7 Å². The lowest BCUT2D eigenvalue weighted by Gasteiger charge is -2.08. The number of carbonyl (C=O) groups is 1. The molecule has 0 spiro atoms. The molecule has 0 heterocycles. The average molecular weight is 338 g/mol. The monoisotopic (exact) mass is 338 g/mol. The molecule has 0 fully saturated rings. The molecule has 0 aromatic heterocycles. The predicted octanol–water partition coefficient (Wildman–Crippen LogP) is 5.07. The van der Waals surface area contributed by atoms with Crippen molar-refractivity contribution in [2.24, 2.45) is 5.10 Å². The van der Waals surface area contributed by atoms with E-state index in [-0.39, 0.29) is 5.91 Å². The summed E-state index contributed by atoms with van der Waals surface area (Å²) in [7, 11) is 0. The fraction of sp³-hybridized carbons (Fsp3) is 0.0435. The molecule has 0 radical (unpaired) electrons. The number of nitrogens with one attached hydrogen (secondary N) is 1. The largest absolute Gasteiger partial charge is 0.271 e. The van der Waals surface area contributed by atoms with E-state index in [4.69, 9.17) is 0 Å². The van der Waals surface area contributed by atoms with Crippen LogP contribution in [0.5, 0.6) is 0 Å². The third-order valence-corrected chi connectivity index (χ3v) is 4.56. The molecule has 3 nitrogen and oxygen atoms in total. The Labute approximate surface area is 152 Å². The highest BCUT2D eigenvalue weighted by Crippen LogP contribution is 2.27. The van der Waals surface area contributed by atoms with Gasteiger partial charge in [0, 0.05) is 11.1 Å². The summed E-state index contributed by atoms with van der Waals surface area (Å²) in [5.74, 6) is -0.205. The first-order valence-corrected chi connectivity index (χ1v) is 8.53. The van der Waals surface area contributed by atoms with Crippen LogP contribution in [0.15, 0.2) is 84.0 Å². The molecular formula is C23H18N2O. The molecule has 4 rings (SSSR count).